The maximum atomic E-state index is 13.1. The molecule has 0 radical (unpaired) electrons. The van der Waals surface area contributed by atoms with Gasteiger partial charge in [0.2, 0.25) is 0 Å². The predicted molar refractivity (Wildman–Crippen MR) is 395 cm³/mol. The Morgan fingerprint density at radius 2 is 0.526 bits per heavy atom. The van der Waals surface area contributed by atoms with Crippen molar-refractivity contribution in [1.82, 2.24) is 0 Å². The number of phosphoric ester groups is 2. The van der Waals surface area contributed by atoms with E-state index >= 15 is 0 Å². The van der Waals surface area contributed by atoms with E-state index in [1.54, 1.807) is 0 Å². The Kier molecular flexibility index (Phi) is 68.4. The van der Waals surface area contributed by atoms with Gasteiger partial charge in [0.05, 0.1) is 26.4 Å². The van der Waals surface area contributed by atoms with Crippen molar-refractivity contribution in [2.45, 2.75) is 426 Å². The van der Waals surface area contributed by atoms with Gasteiger partial charge in [-0.2, -0.15) is 0 Å². The first-order chi connectivity index (χ1) is 46.9. The Morgan fingerprint density at radius 3 is 0.784 bits per heavy atom. The van der Waals surface area contributed by atoms with Crippen LogP contribution in [0.5, 0.6) is 0 Å². The second-order valence-electron chi connectivity index (χ2n) is 28.8. The molecule has 97 heavy (non-hydrogen) atoms. The first kappa shape index (κ1) is 95.1. The van der Waals surface area contributed by atoms with E-state index < -0.39 is 97.5 Å². The largest absolute Gasteiger partial charge is 0.472 e. The molecular formula is C78H152O17P2. The van der Waals surface area contributed by atoms with Crippen molar-refractivity contribution in [3.63, 3.8) is 0 Å². The normalized spacial score (nSPS) is 14.2. The van der Waals surface area contributed by atoms with Gasteiger partial charge in [-0.3, -0.25) is 37.3 Å². The summed E-state index contributed by atoms with van der Waals surface area (Å²) in [5, 5.41) is 10.6. The Balaban J connectivity index is 5.21. The maximum Gasteiger partial charge on any atom is 0.472 e. The lowest BCUT2D eigenvalue weighted by Gasteiger charge is -2.21. The molecule has 0 aliphatic rings. The molecule has 0 saturated carbocycles. The second kappa shape index (κ2) is 69.8. The standard InChI is InChI=1S/C78H152O17P2/c1-7-10-12-14-16-18-20-21-26-30-34-37-41-48-54-60-75(80)88-66-73(94-78(83)63-57-51-43-39-35-31-28-25-23-22-24-27-29-33-36-40-46-52-58-70(4)5)68-92-96(84,85)90-64-72(79)65-91-97(86,87)93-69-74(67-89-76(81)61-55-49-45-44-47-53-59-71(6)9-3)95-77(82)62-56-50-42-38-32-19-17-15-13-11-8-2/h70-74,79H,7-69H2,1-6H3,(H,84,85)(H,86,87)/t71?,72-,73-,74-/m1/s1. The number of carbonyl (C=O) groups excluding carboxylic acids is 4. The lowest BCUT2D eigenvalue weighted by atomic mass is 10.00. The number of aliphatic hydroxyl groups is 1. The molecule has 0 aromatic carbocycles. The fourth-order valence-corrected chi connectivity index (χ4v) is 13.6. The van der Waals surface area contributed by atoms with E-state index in [4.69, 9.17) is 37.0 Å². The van der Waals surface area contributed by atoms with Crippen molar-refractivity contribution in [2.24, 2.45) is 11.8 Å². The zero-order valence-corrected chi connectivity index (χ0v) is 65.2. The van der Waals surface area contributed by atoms with Crippen LogP contribution in [-0.2, 0) is 65.4 Å². The van der Waals surface area contributed by atoms with Gasteiger partial charge in [-0.15, -0.1) is 0 Å². The molecule has 0 spiro atoms. The number of esters is 4. The predicted octanol–water partition coefficient (Wildman–Crippen LogP) is 23.1. The number of hydrogen-bond donors (Lipinski definition) is 3. The first-order valence-electron chi connectivity index (χ1n) is 40.5. The maximum absolute atomic E-state index is 13.1. The van der Waals surface area contributed by atoms with Crippen LogP contribution in [0.15, 0.2) is 0 Å². The minimum atomic E-state index is -4.96. The van der Waals surface area contributed by atoms with Gasteiger partial charge in [0, 0.05) is 25.7 Å². The molecule has 17 nitrogen and oxygen atoms in total. The summed E-state index contributed by atoms with van der Waals surface area (Å²) in [6.07, 6.45) is 58.3. The van der Waals surface area contributed by atoms with E-state index in [0.717, 1.165) is 108 Å². The molecule has 0 fully saturated rings. The molecule has 0 aliphatic carbocycles. The minimum Gasteiger partial charge on any atom is -0.462 e. The van der Waals surface area contributed by atoms with Gasteiger partial charge < -0.3 is 33.8 Å². The molecule has 3 unspecified atom stereocenters. The molecule has 576 valence electrons. The van der Waals surface area contributed by atoms with Gasteiger partial charge in [0.15, 0.2) is 12.2 Å². The zero-order chi connectivity index (χ0) is 71.4. The zero-order valence-electron chi connectivity index (χ0n) is 63.4. The average Bonchev–Trinajstić information content (AvgIpc) is 1.46. The summed E-state index contributed by atoms with van der Waals surface area (Å²) in [7, 11) is -9.91. The van der Waals surface area contributed by atoms with Crippen LogP contribution in [0, 0.1) is 11.8 Å². The van der Waals surface area contributed by atoms with E-state index in [1.165, 1.54) is 218 Å². The number of rotatable bonds is 77. The fourth-order valence-electron chi connectivity index (χ4n) is 12.0. The lowest BCUT2D eigenvalue weighted by Crippen LogP contribution is -2.30. The van der Waals surface area contributed by atoms with Crippen LogP contribution in [0.1, 0.15) is 408 Å². The minimum absolute atomic E-state index is 0.106. The number of hydrogen-bond acceptors (Lipinski definition) is 15. The summed E-state index contributed by atoms with van der Waals surface area (Å²) < 4.78 is 68.6. The summed E-state index contributed by atoms with van der Waals surface area (Å²) in [6.45, 7) is 9.60. The molecule has 0 bridgehead atoms. The van der Waals surface area contributed by atoms with E-state index in [2.05, 4.69) is 41.5 Å². The van der Waals surface area contributed by atoms with Gasteiger partial charge in [0.1, 0.15) is 19.3 Å². The molecule has 0 saturated heterocycles. The second-order valence-corrected chi connectivity index (χ2v) is 31.7. The highest BCUT2D eigenvalue weighted by atomic mass is 31.2. The average molecular weight is 1420 g/mol. The first-order valence-corrected chi connectivity index (χ1v) is 43.5. The number of unbranched alkanes of at least 4 members (excludes halogenated alkanes) is 46. The van der Waals surface area contributed by atoms with E-state index in [9.17, 15) is 43.2 Å². The fraction of sp³-hybridized carbons (Fsp3) is 0.949. The molecule has 0 aromatic rings. The van der Waals surface area contributed by atoms with Crippen LogP contribution < -0.4 is 0 Å². The monoisotopic (exact) mass is 1420 g/mol. The summed E-state index contributed by atoms with van der Waals surface area (Å²) in [4.78, 5) is 72.8. The Morgan fingerprint density at radius 1 is 0.299 bits per heavy atom. The third kappa shape index (κ3) is 70.9. The number of phosphoric acid groups is 2. The van der Waals surface area contributed by atoms with Crippen LogP contribution >= 0.6 is 15.6 Å². The van der Waals surface area contributed by atoms with Crippen LogP contribution in [-0.4, -0.2) is 96.7 Å². The number of carbonyl (C=O) groups is 4. The topological polar surface area (TPSA) is 237 Å². The molecule has 19 heteroatoms. The van der Waals surface area contributed by atoms with E-state index in [1.807, 2.05) is 0 Å². The Labute approximate surface area is 594 Å². The lowest BCUT2D eigenvalue weighted by molar-refractivity contribution is -0.161. The Hall–Kier alpha value is -1.94. The molecule has 0 heterocycles. The van der Waals surface area contributed by atoms with Gasteiger partial charge in [0.25, 0.3) is 0 Å². The van der Waals surface area contributed by atoms with Crippen molar-refractivity contribution >= 4 is 39.5 Å². The molecule has 0 amide bonds. The van der Waals surface area contributed by atoms with Crippen LogP contribution in [0.25, 0.3) is 0 Å². The molecular weight excluding hydrogens is 1270 g/mol. The molecule has 0 rings (SSSR count). The van der Waals surface area contributed by atoms with Crippen molar-refractivity contribution < 1.29 is 80.2 Å². The van der Waals surface area contributed by atoms with Crippen LogP contribution in [0.2, 0.25) is 0 Å². The van der Waals surface area contributed by atoms with Gasteiger partial charge in [-0.25, -0.2) is 9.13 Å². The molecule has 0 aliphatic heterocycles. The smallest absolute Gasteiger partial charge is 0.462 e. The summed E-state index contributed by atoms with van der Waals surface area (Å²) in [5.74, 6) is -0.562. The van der Waals surface area contributed by atoms with Crippen molar-refractivity contribution in [2.75, 3.05) is 39.6 Å². The van der Waals surface area contributed by atoms with Crippen LogP contribution in [0.4, 0.5) is 0 Å². The third-order valence-electron chi connectivity index (χ3n) is 18.6. The Bertz CT molecular complexity index is 1870. The molecule has 3 N–H and O–H groups in total. The summed E-state index contributed by atoms with van der Waals surface area (Å²) >= 11 is 0. The number of aliphatic hydroxyl groups excluding tert-OH is 1. The summed E-state index contributed by atoms with van der Waals surface area (Å²) in [6, 6.07) is 0. The quantitative estimate of drug-likeness (QED) is 0.0222. The summed E-state index contributed by atoms with van der Waals surface area (Å²) in [5.41, 5.74) is 0. The SMILES string of the molecule is CCCCCCCCCCCCCCCCCC(=O)OC[C@H](COP(=O)(O)OC[C@@H](O)COP(=O)(O)OC[C@@H](COC(=O)CCCCCCCCC(C)CC)OC(=O)CCCCCCCCCCCCC)OC(=O)CCCCCCCCCCCCCCCCCCCCC(C)C. The third-order valence-corrected chi connectivity index (χ3v) is 20.5. The van der Waals surface area contributed by atoms with E-state index in [-0.39, 0.29) is 25.7 Å². The van der Waals surface area contributed by atoms with E-state index in [0.29, 0.717) is 25.7 Å². The van der Waals surface area contributed by atoms with Crippen molar-refractivity contribution in [1.29, 1.82) is 0 Å². The van der Waals surface area contributed by atoms with Crippen molar-refractivity contribution in [3.05, 3.63) is 0 Å². The van der Waals surface area contributed by atoms with Crippen LogP contribution in [0.3, 0.4) is 0 Å². The van der Waals surface area contributed by atoms with Gasteiger partial charge in [-0.1, -0.05) is 356 Å². The number of ether oxygens (including phenoxy) is 4. The highest BCUT2D eigenvalue weighted by Crippen LogP contribution is 2.45. The van der Waals surface area contributed by atoms with Gasteiger partial charge >= 0.3 is 39.5 Å². The molecule has 6 atom stereocenters. The van der Waals surface area contributed by atoms with Gasteiger partial charge in [-0.05, 0) is 37.5 Å². The van der Waals surface area contributed by atoms with Crippen molar-refractivity contribution in [3.8, 4) is 0 Å². The molecule has 0 aromatic heterocycles. The highest BCUT2D eigenvalue weighted by Gasteiger charge is 2.30. The highest BCUT2D eigenvalue weighted by molar-refractivity contribution is 7.47.